The number of methoxy groups -OCH3 is 1. The molecule has 0 bridgehead atoms. The number of hydrogen-bond donors (Lipinski definition) is 1. The molecule has 0 spiro atoms. The van der Waals surface area contributed by atoms with Crippen LogP contribution in [0.3, 0.4) is 0 Å². The first-order valence-electron chi connectivity index (χ1n) is 7.84. The summed E-state index contributed by atoms with van der Waals surface area (Å²) in [5, 5.41) is 15.9. The van der Waals surface area contributed by atoms with Crippen LogP contribution < -0.4 is 10.1 Å². The van der Waals surface area contributed by atoms with Crippen molar-refractivity contribution in [3.63, 3.8) is 0 Å². The molecule has 0 aliphatic carbocycles. The number of anilines is 1. The molecule has 1 N–H and O–H groups in total. The molecule has 0 saturated carbocycles. The number of nitrogens with one attached hydrogen (secondary N) is 1. The molecule has 26 heavy (non-hydrogen) atoms. The lowest BCUT2D eigenvalue weighted by molar-refractivity contribution is 0.415. The van der Waals surface area contributed by atoms with Gasteiger partial charge < -0.3 is 10.1 Å². The predicted octanol–water partition coefficient (Wildman–Crippen LogP) is 5.76. The summed E-state index contributed by atoms with van der Waals surface area (Å²) in [5.41, 5.74) is 4.06. The Hall–Kier alpha value is -2.81. The van der Waals surface area contributed by atoms with Crippen molar-refractivity contribution in [2.24, 2.45) is 0 Å². The molecule has 130 valence electrons. The molecule has 0 aliphatic rings. The van der Waals surface area contributed by atoms with E-state index in [1.807, 2.05) is 54.8 Å². The fourth-order valence-electron chi connectivity index (χ4n) is 2.35. The first-order valence-corrected chi connectivity index (χ1v) is 9.10. The second kappa shape index (κ2) is 8.05. The zero-order valence-corrected chi connectivity index (χ0v) is 15.9. The Morgan fingerprint density at radius 2 is 2.04 bits per heavy atom. The molecule has 0 unspecified atom stereocenters. The van der Waals surface area contributed by atoms with Crippen LogP contribution in [-0.2, 0) is 0 Å². The topological polar surface area (TPSA) is 57.9 Å². The maximum absolute atomic E-state index is 9.50. The molecule has 3 aromatic rings. The van der Waals surface area contributed by atoms with Gasteiger partial charge in [-0.3, -0.25) is 0 Å². The molecule has 6 heteroatoms. The third-order valence-corrected chi connectivity index (χ3v) is 5.17. The number of allylic oxidation sites excluding steroid dienone is 1. The van der Waals surface area contributed by atoms with Crippen LogP contribution in [0.25, 0.3) is 16.8 Å². The highest BCUT2D eigenvalue weighted by Gasteiger charge is 2.09. The van der Waals surface area contributed by atoms with Gasteiger partial charge in [-0.15, -0.1) is 11.3 Å². The Balaban J connectivity index is 1.83. The lowest BCUT2D eigenvalue weighted by atomic mass is 10.2. The lowest BCUT2D eigenvalue weighted by Crippen LogP contribution is -1.94. The van der Waals surface area contributed by atoms with E-state index in [1.54, 1.807) is 13.3 Å². The van der Waals surface area contributed by atoms with Crippen LogP contribution in [0.15, 0.2) is 54.0 Å². The zero-order chi connectivity index (χ0) is 18.5. The van der Waals surface area contributed by atoms with E-state index in [4.69, 9.17) is 16.3 Å². The van der Waals surface area contributed by atoms with Crippen molar-refractivity contribution in [3.8, 4) is 23.1 Å². The number of nitriles is 1. The number of hydrogen-bond acceptors (Lipinski definition) is 5. The highest BCUT2D eigenvalue weighted by molar-refractivity contribution is 7.11. The molecule has 1 aromatic heterocycles. The number of thiazole rings is 1. The summed E-state index contributed by atoms with van der Waals surface area (Å²) in [4.78, 5) is 4.58. The summed E-state index contributed by atoms with van der Waals surface area (Å²) in [6.45, 7) is 1.93. The van der Waals surface area contributed by atoms with E-state index in [0.717, 1.165) is 28.3 Å². The standard InChI is InChI=1S/C20H16ClN3OS/c1-13-17(21)4-3-5-18(13)23-11-15(10-22)20-24-19(12-26-20)14-6-8-16(25-2)9-7-14/h3-9,11-12,23H,1-2H3. The van der Waals surface area contributed by atoms with Crippen LogP contribution >= 0.6 is 22.9 Å². The molecular weight excluding hydrogens is 366 g/mol. The highest BCUT2D eigenvalue weighted by atomic mass is 35.5. The molecule has 0 fully saturated rings. The van der Waals surface area contributed by atoms with E-state index in [9.17, 15) is 5.26 Å². The quantitative estimate of drug-likeness (QED) is 0.571. The van der Waals surface area contributed by atoms with Gasteiger partial charge in [0.15, 0.2) is 0 Å². The number of aromatic nitrogens is 1. The van der Waals surface area contributed by atoms with E-state index in [0.29, 0.717) is 15.6 Å². The van der Waals surface area contributed by atoms with Gasteiger partial charge in [0.1, 0.15) is 22.4 Å². The highest BCUT2D eigenvalue weighted by Crippen LogP contribution is 2.28. The van der Waals surface area contributed by atoms with E-state index in [-0.39, 0.29) is 0 Å². The molecule has 0 atom stereocenters. The molecular formula is C20H16ClN3OS. The summed E-state index contributed by atoms with van der Waals surface area (Å²) in [5.74, 6) is 0.794. The first kappa shape index (κ1) is 18.0. The minimum Gasteiger partial charge on any atom is -0.497 e. The molecule has 0 aliphatic heterocycles. The Bertz CT molecular complexity index is 987. The van der Waals surface area contributed by atoms with Gasteiger partial charge in [-0.1, -0.05) is 17.7 Å². The summed E-state index contributed by atoms with van der Waals surface area (Å²) >= 11 is 7.56. The Labute approximate surface area is 161 Å². The smallest absolute Gasteiger partial charge is 0.136 e. The first-order chi connectivity index (χ1) is 12.6. The second-order valence-corrected chi connectivity index (χ2v) is 6.76. The van der Waals surface area contributed by atoms with Crippen molar-refractivity contribution in [3.05, 3.63) is 69.6 Å². The summed E-state index contributed by atoms with van der Waals surface area (Å²) in [6.07, 6.45) is 1.66. The van der Waals surface area contributed by atoms with Crippen molar-refractivity contribution in [2.45, 2.75) is 6.92 Å². The zero-order valence-electron chi connectivity index (χ0n) is 14.3. The average molecular weight is 382 g/mol. The largest absolute Gasteiger partial charge is 0.497 e. The Morgan fingerprint density at radius 1 is 1.27 bits per heavy atom. The molecule has 3 rings (SSSR count). The van der Waals surface area contributed by atoms with Crippen LogP contribution in [0.1, 0.15) is 10.6 Å². The molecule has 4 nitrogen and oxygen atoms in total. The molecule has 0 saturated heterocycles. The fraction of sp³-hybridized carbons (Fsp3) is 0.100. The fourth-order valence-corrected chi connectivity index (χ4v) is 3.32. The van der Waals surface area contributed by atoms with E-state index in [1.165, 1.54) is 11.3 Å². The van der Waals surface area contributed by atoms with E-state index in [2.05, 4.69) is 16.4 Å². The van der Waals surface area contributed by atoms with E-state index < -0.39 is 0 Å². The molecule has 0 radical (unpaired) electrons. The third-order valence-electron chi connectivity index (χ3n) is 3.88. The molecule has 0 amide bonds. The maximum Gasteiger partial charge on any atom is 0.136 e. The van der Waals surface area contributed by atoms with Gasteiger partial charge in [-0.25, -0.2) is 4.98 Å². The lowest BCUT2D eigenvalue weighted by Gasteiger charge is -2.07. The summed E-state index contributed by atoms with van der Waals surface area (Å²) in [6, 6.07) is 15.5. The van der Waals surface area contributed by atoms with Gasteiger partial charge in [-0.05, 0) is 48.9 Å². The molecule has 1 heterocycles. The number of benzene rings is 2. The third kappa shape index (κ3) is 3.88. The Morgan fingerprint density at radius 3 is 2.73 bits per heavy atom. The second-order valence-electron chi connectivity index (χ2n) is 5.49. The number of rotatable bonds is 5. The van der Waals surface area contributed by atoms with Crippen LogP contribution in [0.2, 0.25) is 5.02 Å². The summed E-state index contributed by atoms with van der Waals surface area (Å²) < 4.78 is 5.17. The minimum atomic E-state index is 0.467. The van der Waals surface area contributed by atoms with Gasteiger partial charge in [0, 0.05) is 27.9 Å². The van der Waals surface area contributed by atoms with Gasteiger partial charge in [0.2, 0.25) is 0 Å². The van der Waals surface area contributed by atoms with Crippen LogP contribution in [0, 0.1) is 18.3 Å². The average Bonchev–Trinajstić information content (AvgIpc) is 3.15. The minimum absolute atomic E-state index is 0.467. The monoisotopic (exact) mass is 381 g/mol. The van der Waals surface area contributed by atoms with E-state index >= 15 is 0 Å². The van der Waals surface area contributed by atoms with Gasteiger partial charge >= 0.3 is 0 Å². The van der Waals surface area contributed by atoms with Gasteiger partial charge in [0.05, 0.1) is 12.8 Å². The van der Waals surface area contributed by atoms with Crippen LogP contribution in [-0.4, -0.2) is 12.1 Å². The van der Waals surface area contributed by atoms with Crippen molar-refractivity contribution in [1.29, 1.82) is 5.26 Å². The normalized spacial score (nSPS) is 11.1. The SMILES string of the molecule is COc1ccc(-c2csc(C(C#N)=CNc3cccc(Cl)c3C)n2)cc1. The van der Waals surface area contributed by atoms with Crippen molar-refractivity contribution in [1.82, 2.24) is 4.98 Å². The van der Waals surface area contributed by atoms with Crippen molar-refractivity contribution < 1.29 is 4.74 Å². The summed E-state index contributed by atoms with van der Waals surface area (Å²) in [7, 11) is 1.63. The van der Waals surface area contributed by atoms with Gasteiger partial charge in [-0.2, -0.15) is 5.26 Å². The van der Waals surface area contributed by atoms with Crippen molar-refractivity contribution in [2.75, 3.05) is 12.4 Å². The number of ether oxygens (including phenoxy) is 1. The van der Waals surface area contributed by atoms with Crippen LogP contribution in [0.4, 0.5) is 5.69 Å². The van der Waals surface area contributed by atoms with Crippen LogP contribution in [0.5, 0.6) is 5.75 Å². The predicted molar refractivity (Wildman–Crippen MR) is 108 cm³/mol. The number of nitrogens with zero attached hydrogens (tertiary/aromatic N) is 2. The maximum atomic E-state index is 9.50. The van der Waals surface area contributed by atoms with Crippen molar-refractivity contribution >= 4 is 34.2 Å². The Kier molecular flexibility index (Phi) is 5.57. The number of halogens is 1. The molecule has 2 aromatic carbocycles. The van der Waals surface area contributed by atoms with Gasteiger partial charge in [0.25, 0.3) is 0 Å².